The number of hydrogen-bond donors (Lipinski definition) is 1. The minimum absolute atomic E-state index is 0.101. The van der Waals surface area contributed by atoms with E-state index < -0.39 is 16.0 Å². The van der Waals surface area contributed by atoms with Gasteiger partial charge in [-0.15, -0.1) is 0 Å². The fourth-order valence-corrected chi connectivity index (χ4v) is 2.42. The lowest BCUT2D eigenvalue weighted by molar-refractivity contribution is 0.0472. The highest BCUT2D eigenvalue weighted by Gasteiger charge is 2.13. The molecule has 0 aliphatic carbocycles. The molecule has 2 aromatic carbocycles. The van der Waals surface area contributed by atoms with E-state index in [1.165, 1.54) is 31.3 Å². The lowest BCUT2D eigenvalue weighted by Gasteiger charge is -2.06. The molecular formula is C15H15NO4S. The molecule has 0 amide bonds. The molecule has 0 saturated heterocycles. The van der Waals surface area contributed by atoms with E-state index in [4.69, 9.17) is 4.74 Å². The van der Waals surface area contributed by atoms with E-state index in [1.807, 2.05) is 30.3 Å². The van der Waals surface area contributed by atoms with Crippen molar-refractivity contribution >= 4 is 16.0 Å². The minimum Gasteiger partial charge on any atom is -0.457 e. The lowest BCUT2D eigenvalue weighted by atomic mass is 10.2. The van der Waals surface area contributed by atoms with E-state index in [0.29, 0.717) is 5.56 Å². The van der Waals surface area contributed by atoms with Crippen LogP contribution in [-0.2, 0) is 21.4 Å². The smallest absolute Gasteiger partial charge is 0.338 e. The summed E-state index contributed by atoms with van der Waals surface area (Å²) in [6, 6.07) is 14.9. The van der Waals surface area contributed by atoms with Crippen molar-refractivity contribution in [1.29, 1.82) is 0 Å². The highest BCUT2D eigenvalue weighted by atomic mass is 32.2. The average Bonchev–Trinajstić information content (AvgIpc) is 2.53. The van der Waals surface area contributed by atoms with Crippen molar-refractivity contribution in [3.63, 3.8) is 0 Å². The molecule has 0 saturated carbocycles. The van der Waals surface area contributed by atoms with Crippen LogP contribution < -0.4 is 4.72 Å². The Morgan fingerprint density at radius 3 is 2.24 bits per heavy atom. The van der Waals surface area contributed by atoms with Crippen molar-refractivity contribution in [3.8, 4) is 0 Å². The third kappa shape index (κ3) is 3.90. The van der Waals surface area contributed by atoms with E-state index >= 15 is 0 Å². The first kappa shape index (κ1) is 15.2. The summed E-state index contributed by atoms with van der Waals surface area (Å²) in [5.74, 6) is -0.493. The van der Waals surface area contributed by atoms with Crippen LogP contribution in [0.5, 0.6) is 0 Å². The summed E-state index contributed by atoms with van der Waals surface area (Å²) in [6.45, 7) is 0.177. The molecule has 0 radical (unpaired) electrons. The van der Waals surface area contributed by atoms with Crippen molar-refractivity contribution in [2.75, 3.05) is 7.05 Å². The quantitative estimate of drug-likeness (QED) is 0.857. The van der Waals surface area contributed by atoms with Crippen LogP contribution >= 0.6 is 0 Å². The maximum Gasteiger partial charge on any atom is 0.338 e. The maximum atomic E-state index is 11.9. The van der Waals surface area contributed by atoms with Gasteiger partial charge in [0.2, 0.25) is 10.0 Å². The number of ether oxygens (including phenoxy) is 1. The fraction of sp³-hybridized carbons (Fsp3) is 0.133. The minimum atomic E-state index is -3.50. The number of nitrogens with one attached hydrogen (secondary N) is 1. The Labute approximate surface area is 123 Å². The van der Waals surface area contributed by atoms with E-state index in [0.717, 1.165) is 5.56 Å². The molecule has 0 aromatic heterocycles. The second-order valence-electron chi connectivity index (χ2n) is 4.29. The zero-order valence-corrected chi connectivity index (χ0v) is 12.3. The first-order chi connectivity index (χ1) is 10.0. The molecule has 1 N–H and O–H groups in total. The second kappa shape index (κ2) is 6.51. The second-order valence-corrected chi connectivity index (χ2v) is 6.18. The number of carbonyl (C=O) groups is 1. The number of rotatable bonds is 5. The molecular weight excluding hydrogens is 290 g/mol. The summed E-state index contributed by atoms with van der Waals surface area (Å²) in [4.78, 5) is 12.0. The van der Waals surface area contributed by atoms with Gasteiger partial charge in [-0.2, -0.15) is 0 Å². The third-order valence-electron chi connectivity index (χ3n) is 2.88. The van der Waals surface area contributed by atoms with Gasteiger partial charge in [-0.25, -0.2) is 17.9 Å². The predicted octanol–water partition coefficient (Wildman–Crippen LogP) is 1.95. The average molecular weight is 305 g/mol. The van der Waals surface area contributed by atoms with Crippen LogP contribution in [0.2, 0.25) is 0 Å². The van der Waals surface area contributed by atoms with Gasteiger partial charge in [0.25, 0.3) is 0 Å². The first-order valence-electron chi connectivity index (χ1n) is 6.27. The molecule has 0 fully saturated rings. The van der Waals surface area contributed by atoms with E-state index in [9.17, 15) is 13.2 Å². The molecule has 0 aliphatic rings. The Hall–Kier alpha value is -2.18. The van der Waals surface area contributed by atoms with Crippen LogP contribution in [0.3, 0.4) is 0 Å². The first-order valence-corrected chi connectivity index (χ1v) is 7.76. The molecule has 0 bridgehead atoms. The van der Waals surface area contributed by atoms with E-state index in [1.54, 1.807) is 0 Å². The zero-order valence-electron chi connectivity index (χ0n) is 11.4. The van der Waals surface area contributed by atoms with Gasteiger partial charge in [-0.05, 0) is 36.9 Å². The van der Waals surface area contributed by atoms with Crippen molar-refractivity contribution in [1.82, 2.24) is 4.72 Å². The molecule has 0 aliphatic heterocycles. The highest BCUT2D eigenvalue weighted by molar-refractivity contribution is 7.89. The van der Waals surface area contributed by atoms with Gasteiger partial charge >= 0.3 is 5.97 Å². The maximum absolute atomic E-state index is 11.9. The van der Waals surface area contributed by atoms with Crippen LogP contribution in [0.15, 0.2) is 59.5 Å². The van der Waals surface area contributed by atoms with Crippen LogP contribution in [0.1, 0.15) is 15.9 Å². The summed E-state index contributed by atoms with van der Waals surface area (Å²) in [5, 5.41) is 0. The molecule has 6 heteroatoms. The number of benzene rings is 2. The Kier molecular flexibility index (Phi) is 4.72. The van der Waals surface area contributed by atoms with Crippen molar-refractivity contribution in [2.45, 2.75) is 11.5 Å². The number of hydrogen-bond acceptors (Lipinski definition) is 4. The van der Waals surface area contributed by atoms with Gasteiger partial charge in [0.15, 0.2) is 0 Å². The van der Waals surface area contributed by atoms with Crippen LogP contribution in [0.25, 0.3) is 0 Å². The molecule has 0 spiro atoms. The van der Waals surface area contributed by atoms with Gasteiger partial charge in [-0.3, -0.25) is 0 Å². The molecule has 5 nitrogen and oxygen atoms in total. The summed E-state index contributed by atoms with van der Waals surface area (Å²) in [6.07, 6.45) is 0. The largest absolute Gasteiger partial charge is 0.457 e. The summed E-state index contributed by atoms with van der Waals surface area (Å²) in [5.41, 5.74) is 1.20. The Morgan fingerprint density at radius 2 is 1.67 bits per heavy atom. The van der Waals surface area contributed by atoms with E-state index in [-0.39, 0.29) is 11.5 Å². The molecule has 0 atom stereocenters. The third-order valence-corrected chi connectivity index (χ3v) is 4.31. The van der Waals surface area contributed by atoms with Gasteiger partial charge in [-0.1, -0.05) is 30.3 Å². The van der Waals surface area contributed by atoms with Crippen molar-refractivity contribution in [3.05, 3.63) is 65.7 Å². The van der Waals surface area contributed by atoms with Crippen molar-refractivity contribution in [2.24, 2.45) is 0 Å². The monoisotopic (exact) mass is 305 g/mol. The zero-order chi connectivity index (χ0) is 15.3. The van der Waals surface area contributed by atoms with Crippen LogP contribution in [-0.4, -0.2) is 21.4 Å². The van der Waals surface area contributed by atoms with Crippen LogP contribution in [0.4, 0.5) is 0 Å². The number of carbonyl (C=O) groups excluding carboxylic acids is 1. The topological polar surface area (TPSA) is 72.5 Å². The summed E-state index contributed by atoms with van der Waals surface area (Å²) < 4.78 is 30.5. The normalized spacial score (nSPS) is 11.1. The molecule has 2 aromatic rings. The molecule has 21 heavy (non-hydrogen) atoms. The fourth-order valence-electron chi connectivity index (χ4n) is 1.69. The standard InChI is InChI=1S/C15H15NO4S/c1-16-21(18,19)14-9-7-13(8-10-14)15(17)20-11-12-5-3-2-4-6-12/h2-10,16H,11H2,1H3. The highest BCUT2D eigenvalue weighted by Crippen LogP contribution is 2.12. The SMILES string of the molecule is CNS(=O)(=O)c1ccc(C(=O)OCc2ccccc2)cc1. The van der Waals surface area contributed by atoms with Gasteiger partial charge in [0.1, 0.15) is 6.61 Å². The van der Waals surface area contributed by atoms with Gasteiger partial charge in [0, 0.05) is 0 Å². The van der Waals surface area contributed by atoms with Crippen LogP contribution in [0, 0.1) is 0 Å². The van der Waals surface area contributed by atoms with Gasteiger partial charge in [0.05, 0.1) is 10.5 Å². The van der Waals surface area contributed by atoms with E-state index in [2.05, 4.69) is 4.72 Å². The Morgan fingerprint density at radius 1 is 1.05 bits per heavy atom. The number of sulfonamides is 1. The Balaban J connectivity index is 2.04. The molecule has 0 unspecified atom stereocenters. The van der Waals surface area contributed by atoms with Gasteiger partial charge < -0.3 is 4.74 Å². The Bertz CT molecular complexity index is 709. The predicted molar refractivity (Wildman–Crippen MR) is 78.2 cm³/mol. The molecule has 0 heterocycles. The molecule has 110 valence electrons. The summed E-state index contributed by atoms with van der Waals surface area (Å²) >= 11 is 0. The van der Waals surface area contributed by atoms with Crippen molar-refractivity contribution < 1.29 is 17.9 Å². The number of esters is 1. The summed E-state index contributed by atoms with van der Waals surface area (Å²) in [7, 11) is -2.17. The lowest BCUT2D eigenvalue weighted by Crippen LogP contribution is -2.18. The molecule has 2 rings (SSSR count).